The van der Waals surface area contributed by atoms with Crippen LogP contribution >= 0.6 is 11.6 Å². The fourth-order valence-electron chi connectivity index (χ4n) is 2.11. The normalized spacial score (nSPS) is 10.6. The van der Waals surface area contributed by atoms with Gasteiger partial charge in [-0.05, 0) is 54.1 Å². The Balaban J connectivity index is 1.56. The first-order chi connectivity index (χ1) is 13.5. The van der Waals surface area contributed by atoms with Crippen molar-refractivity contribution in [2.75, 3.05) is 0 Å². The number of halogens is 1. The third-order valence-electron chi connectivity index (χ3n) is 3.52. The van der Waals surface area contributed by atoms with Gasteiger partial charge in [0.1, 0.15) is 11.9 Å². The van der Waals surface area contributed by atoms with Gasteiger partial charge >= 0.3 is 0 Å². The lowest BCUT2D eigenvalue weighted by Gasteiger charge is -2.04. The van der Waals surface area contributed by atoms with Gasteiger partial charge < -0.3 is 4.74 Å². The number of hydrazone groups is 1. The van der Waals surface area contributed by atoms with E-state index in [4.69, 9.17) is 16.3 Å². The maximum absolute atomic E-state index is 11.9. The van der Waals surface area contributed by atoms with Crippen molar-refractivity contribution in [3.05, 3.63) is 93.1 Å². The van der Waals surface area contributed by atoms with Crippen molar-refractivity contribution in [3.8, 4) is 11.6 Å². The van der Waals surface area contributed by atoms with E-state index in [0.29, 0.717) is 16.3 Å². The van der Waals surface area contributed by atoms with Crippen molar-refractivity contribution in [3.63, 3.8) is 0 Å². The van der Waals surface area contributed by atoms with Gasteiger partial charge in [-0.25, -0.2) is 10.4 Å². The highest BCUT2D eigenvalue weighted by molar-refractivity contribution is 6.30. The van der Waals surface area contributed by atoms with Crippen molar-refractivity contribution < 1.29 is 14.5 Å². The average Bonchev–Trinajstić information content (AvgIpc) is 2.70. The number of carbonyl (C=O) groups is 1. The Morgan fingerprint density at radius 2 is 1.82 bits per heavy atom. The predicted molar refractivity (Wildman–Crippen MR) is 104 cm³/mol. The van der Waals surface area contributed by atoms with Gasteiger partial charge in [-0.15, -0.1) is 0 Å². The van der Waals surface area contributed by atoms with Crippen LogP contribution < -0.4 is 10.2 Å². The molecule has 140 valence electrons. The molecule has 2 aromatic carbocycles. The number of nitrogens with one attached hydrogen (secondary N) is 1. The van der Waals surface area contributed by atoms with Gasteiger partial charge in [0.05, 0.1) is 11.1 Å². The number of nitrogens with zero attached hydrogens (tertiary/aromatic N) is 3. The first-order valence-electron chi connectivity index (χ1n) is 7.98. The number of hydrogen-bond acceptors (Lipinski definition) is 6. The van der Waals surface area contributed by atoms with E-state index in [0.717, 1.165) is 11.8 Å². The van der Waals surface area contributed by atoms with E-state index in [1.54, 1.807) is 48.5 Å². The lowest BCUT2D eigenvalue weighted by atomic mass is 10.2. The number of pyridine rings is 1. The minimum Gasteiger partial charge on any atom is -0.439 e. The minimum absolute atomic E-state index is 0.112. The molecule has 0 fully saturated rings. The van der Waals surface area contributed by atoms with Crippen LogP contribution in [0.15, 0.2) is 72.0 Å². The molecule has 0 aliphatic rings. The van der Waals surface area contributed by atoms with Crippen LogP contribution in [0.1, 0.15) is 15.9 Å². The van der Waals surface area contributed by atoms with Crippen LogP contribution in [0.5, 0.6) is 11.6 Å². The van der Waals surface area contributed by atoms with Crippen LogP contribution in [-0.4, -0.2) is 22.0 Å². The second-order valence-electron chi connectivity index (χ2n) is 5.49. The van der Waals surface area contributed by atoms with Gasteiger partial charge in [-0.3, -0.25) is 14.9 Å². The maximum Gasteiger partial charge on any atom is 0.287 e. The molecule has 28 heavy (non-hydrogen) atoms. The molecule has 0 spiro atoms. The Morgan fingerprint density at radius 1 is 1.11 bits per heavy atom. The summed E-state index contributed by atoms with van der Waals surface area (Å²) in [4.78, 5) is 25.9. The molecular weight excluding hydrogens is 384 g/mol. The van der Waals surface area contributed by atoms with E-state index in [1.807, 2.05) is 0 Å². The predicted octanol–water partition coefficient (Wildman–Crippen LogP) is 4.20. The molecule has 0 radical (unpaired) electrons. The molecule has 1 heterocycles. The van der Waals surface area contributed by atoms with E-state index < -0.39 is 4.92 Å². The van der Waals surface area contributed by atoms with Crippen LogP contribution in [0.4, 0.5) is 5.69 Å². The fourth-order valence-corrected chi connectivity index (χ4v) is 2.24. The number of nitro groups is 1. The van der Waals surface area contributed by atoms with E-state index in [1.165, 1.54) is 18.3 Å². The Bertz CT molecular complexity index is 1000. The quantitative estimate of drug-likeness (QED) is 0.381. The smallest absolute Gasteiger partial charge is 0.287 e. The highest BCUT2D eigenvalue weighted by Gasteiger charge is 2.06. The zero-order chi connectivity index (χ0) is 19.9. The Hall–Kier alpha value is -3.78. The SMILES string of the molecule is O=C(NN=Cc1ccc(Oc2ccc([N+](=O)[O-])cn2)cc1)c1ccc(Cl)cc1. The summed E-state index contributed by atoms with van der Waals surface area (Å²) in [5, 5.41) is 15.1. The molecule has 1 amide bonds. The topological polar surface area (TPSA) is 107 Å². The highest BCUT2D eigenvalue weighted by atomic mass is 35.5. The molecule has 9 heteroatoms. The molecule has 0 atom stereocenters. The van der Waals surface area contributed by atoms with Crippen molar-refractivity contribution in [2.24, 2.45) is 5.10 Å². The molecule has 3 aromatic rings. The maximum atomic E-state index is 11.9. The van der Waals surface area contributed by atoms with Crippen LogP contribution in [-0.2, 0) is 0 Å². The second-order valence-corrected chi connectivity index (χ2v) is 5.93. The second kappa shape index (κ2) is 8.74. The zero-order valence-corrected chi connectivity index (χ0v) is 15.0. The molecule has 0 bridgehead atoms. The number of rotatable bonds is 6. The standard InChI is InChI=1S/C19H13ClN4O4/c20-15-5-3-14(4-6-15)19(25)23-22-11-13-1-8-17(9-2-13)28-18-10-7-16(12-21-18)24(26)27/h1-12H,(H,23,25). The summed E-state index contributed by atoms with van der Waals surface area (Å²) in [6, 6.07) is 16.0. The lowest BCUT2D eigenvalue weighted by Crippen LogP contribution is -2.17. The van der Waals surface area contributed by atoms with Gasteiger partial charge in [-0.1, -0.05) is 11.6 Å². The molecule has 1 aromatic heterocycles. The van der Waals surface area contributed by atoms with Crippen molar-refractivity contribution >= 4 is 29.4 Å². The van der Waals surface area contributed by atoms with Crippen LogP contribution in [0.2, 0.25) is 5.02 Å². The highest BCUT2D eigenvalue weighted by Crippen LogP contribution is 2.21. The molecule has 0 saturated heterocycles. The molecule has 0 saturated carbocycles. The average molecular weight is 397 g/mol. The van der Waals surface area contributed by atoms with Crippen molar-refractivity contribution in [1.29, 1.82) is 0 Å². The first-order valence-corrected chi connectivity index (χ1v) is 8.36. The van der Waals surface area contributed by atoms with E-state index in [2.05, 4.69) is 15.5 Å². The third kappa shape index (κ3) is 5.12. The zero-order valence-electron chi connectivity index (χ0n) is 14.3. The Labute approximate surface area is 164 Å². The summed E-state index contributed by atoms with van der Waals surface area (Å²) in [7, 11) is 0. The number of benzene rings is 2. The lowest BCUT2D eigenvalue weighted by molar-refractivity contribution is -0.385. The molecule has 0 aliphatic carbocycles. The van der Waals surface area contributed by atoms with E-state index in [9.17, 15) is 14.9 Å². The van der Waals surface area contributed by atoms with Crippen LogP contribution in [0, 0.1) is 10.1 Å². The fraction of sp³-hybridized carbons (Fsp3) is 0. The molecule has 0 unspecified atom stereocenters. The number of carbonyl (C=O) groups excluding carboxylic acids is 1. The largest absolute Gasteiger partial charge is 0.439 e. The molecule has 8 nitrogen and oxygen atoms in total. The van der Waals surface area contributed by atoms with Gasteiger partial charge in [0.2, 0.25) is 5.88 Å². The summed E-state index contributed by atoms with van der Waals surface area (Å²) in [6.45, 7) is 0. The minimum atomic E-state index is -0.531. The van der Waals surface area contributed by atoms with Crippen molar-refractivity contribution in [1.82, 2.24) is 10.4 Å². The molecule has 3 rings (SSSR count). The Morgan fingerprint density at radius 3 is 2.43 bits per heavy atom. The summed E-state index contributed by atoms with van der Waals surface area (Å²) in [6.07, 6.45) is 2.61. The molecule has 1 N–H and O–H groups in total. The molecule has 0 aliphatic heterocycles. The van der Waals surface area contributed by atoms with E-state index >= 15 is 0 Å². The van der Waals surface area contributed by atoms with Crippen molar-refractivity contribution in [2.45, 2.75) is 0 Å². The Kier molecular flexibility index (Phi) is 5.93. The van der Waals surface area contributed by atoms with Gasteiger partial charge in [-0.2, -0.15) is 5.10 Å². The first kappa shape index (κ1) is 19.0. The monoisotopic (exact) mass is 396 g/mol. The van der Waals surface area contributed by atoms with Gasteiger partial charge in [0.25, 0.3) is 11.6 Å². The summed E-state index contributed by atoms with van der Waals surface area (Å²) >= 11 is 5.78. The van der Waals surface area contributed by atoms with Gasteiger partial charge in [0, 0.05) is 22.7 Å². The van der Waals surface area contributed by atoms with Gasteiger partial charge in [0.15, 0.2) is 0 Å². The number of hydrogen-bond donors (Lipinski definition) is 1. The summed E-state index contributed by atoms with van der Waals surface area (Å²) < 4.78 is 5.52. The number of aromatic nitrogens is 1. The third-order valence-corrected chi connectivity index (χ3v) is 3.77. The molecular formula is C19H13ClN4O4. The van der Waals surface area contributed by atoms with Crippen LogP contribution in [0.3, 0.4) is 0 Å². The summed E-state index contributed by atoms with van der Waals surface area (Å²) in [5.74, 6) is 0.392. The van der Waals surface area contributed by atoms with E-state index in [-0.39, 0.29) is 17.5 Å². The van der Waals surface area contributed by atoms with Crippen LogP contribution in [0.25, 0.3) is 0 Å². The number of ether oxygens (including phenoxy) is 1. The summed E-state index contributed by atoms with van der Waals surface area (Å²) in [5.41, 5.74) is 3.50. The number of amides is 1.